The van der Waals surface area contributed by atoms with Gasteiger partial charge in [0.05, 0.1) is 11.9 Å². The number of carboxylic acids is 2. The van der Waals surface area contributed by atoms with E-state index in [1.165, 1.54) is 42.8 Å². The van der Waals surface area contributed by atoms with Gasteiger partial charge in [-0.25, -0.2) is 4.79 Å². The number of hydrogen-bond acceptors (Lipinski definition) is 7. The summed E-state index contributed by atoms with van der Waals surface area (Å²) >= 11 is 1.48. The second-order valence-corrected chi connectivity index (χ2v) is 8.98. The molecular weight excluding hydrogens is 450 g/mol. The fourth-order valence-corrected chi connectivity index (χ4v) is 4.17. The lowest BCUT2D eigenvalue weighted by molar-refractivity contribution is -0.140. The van der Waals surface area contributed by atoms with Gasteiger partial charge in [-0.3, -0.25) is 14.4 Å². The van der Waals surface area contributed by atoms with E-state index in [4.69, 9.17) is 15.6 Å². The number of nitrogens with one attached hydrogen (secondary N) is 2. The van der Waals surface area contributed by atoms with E-state index in [0.29, 0.717) is 18.4 Å². The minimum absolute atomic E-state index is 0.0589. The number of aliphatic carboxylic acids is 2. The van der Waals surface area contributed by atoms with Crippen LogP contribution in [0.5, 0.6) is 0 Å². The number of thioether (sulfide) groups is 1. The minimum atomic E-state index is -1.36. The quantitative estimate of drug-likeness (QED) is 0.198. The Morgan fingerprint density at radius 1 is 1.15 bits per heavy atom. The van der Waals surface area contributed by atoms with E-state index in [0.717, 1.165) is 25.0 Å². The van der Waals surface area contributed by atoms with Crippen molar-refractivity contribution in [1.82, 2.24) is 5.32 Å². The molecule has 0 radical (unpaired) electrons. The lowest BCUT2D eigenvalue weighted by Crippen LogP contribution is -2.41. The maximum Gasteiger partial charge on any atom is 0.326 e. The van der Waals surface area contributed by atoms with Gasteiger partial charge in [0.15, 0.2) is 0 Å². The molecule has 1 aromatic carbocycles. The topological polar surface area (TPSA) is 168 Å². The summed E-state index contributed by atoms with van der Waals surface area (Å²) in [5, 5.41) is 22.9. The van der Waals surface area contributed by atoms with Gasteiger partial charge in [0, 0.05) is 30.0 Å². The highest BCUT2D eigenvalue weighted by atomic mass is 32.2. The number of benzene rings is 1. The van der Waals surface area contributed by atoms with Crippen LogP contribution in [0.25, 0.3) is 0 Å². The second-order valence-electron chi connectivity index (χ2n) is 7.87. The van der Waals surface area contributed by atoms with Gasteiger partial charge < -0.3 is 31.3 Å². The maximum absolute atomic E-state index is 12.5. The van der Waals surface area contributed by atoms with Gasteiger partial charge in [0.25, 0.3) is 5.91 Å². The molecule has 0 heterocycles. The van der Waals surface area contributed by atoms with Crippen LogP contribution in [0.4, 0.5) is 11.4 Å². The number of carbonyl (C=O) groups is 4. The lowest BCUT2D eigenvalue weighted by Gasteiger charge is -2.15. The number of carboxylic acid groups (broad SMARTS) is 2. The third-order valence-corrected chi connectivity index (χ3v) is 6.12. The monoisotopic (exact) mass is 481 g/mol. The highest BCUT2D eigenvalue weighted by molar-refractivity contribution is 7.99. The number of hydrogen-bond donors (Lipinski definition) is 5. The Kier molecular flexibility index (Phi) is 11.0. The van der Waals surface area contributed by atoms with Crippen molar-refractivity contribution in [1.29, 1.82) is 0 Å². The van der Waals surface area contributed by atoms with E-state index in [1.54, 1.807) is 0 Å². The Morgan fingerprint density at radius 3 is 2.55 bits per heavy atom. The molecule has 1 atom stereocenters. The lowest BCUT2D eigenvalue weighted by atomic mass is 10.1. The van der Waals surface area contributed by atoms with Crippen molar-refractivity contribution in [2.24, 2.45) is 0 Å². The van der Waals surface area contributed by atoms with Gasteiger partial charge in [-0.2, -0.15) is 11.8 Å². The van der Waals surface area contributed by atoms with Crippen LogP contribution in [0.2, 0.25) is 0 Å². The van der Waals surface area contributed by atoms with Crippen LogP contribution >= 0.6 is 11.8 Å². The average Bonchev–Trinajstić information content (AvgIpc) is 3.26. The fraction of sp³-hybridized carbons (Fsp3) is 0.545. The molecule has 0 bridgehead atoms. The van der Waals surface area contributed by atoms with Gasteiger partial charge in [0.2, 0.25) is 5.91 Å². The average molecular weight is 482 g/mol. The van der Waals surface area contributed by atoms with E-state index in [9.17, 15) is 24.3 Å². The molecule has 11 heteroatoms. The van der Waals surface area contributed by atoms with Crippen LogP contribution in [0.1, 0.15) is 55.3 Å². The highest BCUT2D eigenvalue weighted by Gasteiger charge is 2.22. The van der Waals surface area contributed by atoms with E-state index in [2.05, 4.69) is 10.6 Å². The highest BCUT2D eigenvalue weighted by Crippen LogP contribution is 2.21. The van der Waals surface area contributed by atoms with Gasteiger partial charge >= 0.3 is 11.9 Å². The van der Waals surface area contributed by atoms with Crippen molar-refractivity contribution in [3.05, 3.63) is 23.8 Å². The van der Waals surface area contributed by atoms with Crippen LogP contribution in [-0.4, -0.2) is 64.2 Å². The van der Waals surface area contributed by atoms with E-state index >= 15 is 0 Å². The molecule has 1 fully saturated rings. The SMILES string of the molecule is Nc1cc(NC(=O)CSCCCOC2CCCC2)cc(C(=O)NC(CCC(=O)O)C(=O)O)c1. The summed E-state index contributed by atoms with van der Waals surface area (Å²) in [6, 6.07) is 2.87. The Hall–Kier alpha value is -2.79. The molecule has 0 saturated heterocycles. The number of amides is 2. The number of nitrogens with two attached hydrogens (primary N) is 1. The number of rotatable bonds is 14. The molecule has 0 spiro atoms. The summed E-state index contributed by atoms with van der Waals surface area (Å²) in [5.74, 6) is -2.46. The first-order valence-corrected chi connectivity index (χ1v) is 12.1. The Morgan fingerprint density at radius 2 is 1.88 bits per heavy atom. The zero-order chi connectivity index (χ0) is 24.2. The molecule has 1 saturated carbocycles. The molecular formula is C22H31N3O7S. The van der Waals surface area contributed by atoms with Crippen molar-refractivity contribution in [2.45, 2.75) is 57.1 Å². The standard InChI is InChI=1S/C22H31N3O7S/c23-15-10-14(21(29)25-18(22(30)31)6-7-20(27)28)11-16(12-15)24-19(26)13-33-9-3-8-32-17-4-1-2-5-17/h10-12,17-18H,1-9,13,23H2,(H,24,26)(H,25,29)(H,27,28)(H,30,31). The molecule has 1 aliphatic carbocycles. The summed E-state index contributed by atoms with van der Waals surface area (Å²) in [5.41, 5.74) is 6.41. The normalized spacial score (nSPS) is 14.5. The maximum atomic E-state index is 12.5. The molecule has 6 N–H and O–H groups in total. The third-order valence-electron chi connectivity index (χ3n) is 5.07. The fourth-order valence-electron chi connectivity index (χ4n) is 3.45. The first kappa shape index (κ1) is 26.5. The van der Waals surface area contributed by atoms with Gasteiger partial charge in [-0.05, 0) is 49.6 Å². The molecule has 0 aromatic heterocycles. The second kappa shape index (κ2) is 13.7. The largest absolute Gasteiger partial charge is 0.481 e. The van der Waals surface area contributed by atoms with Crippen LogP contribution in [0.15, 0.2) is 18.2 Å². The van der Waals surface area contributed by atoms with Crippen LogP contribution < -0.4 is 16.4 Å². The summed E-state index contributed by atoms with van der Waals surface area (Å²) in [4.78, 5) is 46.7. The predicted octanol–water partition coefficient (Wildman–Crippen LogP) is 2.34. The molecule has 2 rings (SSSR count). The molecule has 2 amide bonds. The number of ether oxygens (including phenoxy) is 1. The molecule has 182 valence electrons. The molecule has 10 nitrogen and oxygen atoms in total. The van der Waals surface area contributed by atoms with Crippen molar-refractivity contribution < 1.29 is 34.1 Å². The van der Waals surface area contributed by atoms with Gasteiger partial charge in [-0.15, -0.1) is 0 Å². The predicted molar refractivity (Wildman–Crippen MR) is 125 cm³/mol. The first-order chi connectivity index (χ1) is 15.7. The zero-order valence-corrected chi connectivity index (χ0v) is 19.2. The third kappa shape index (κ3) is 10.1. The Bertz CT molecular complexity index is 843. The number of anilines is 2. The minimum Gasteiger partial charge on any atom is -0.481 e. The number of nitrogen functional groups attached to an aromatic ring is 1. The summed E-state index contributed by atoms with van der Waals surface area (Å²) in [6.07, 6.45) is 5.32. The Balaban J connectivity index is 1.80. The molecule has 1 unspecified atom stereocenters. The van der Waals surface area contributed by atoms with Crippen LogP contribution in [0, 0.1) is 0 Å². The molecule has 33 heavy (non-hydrogen) atoms. The molecule has 1 aromatic rings. The molecule has 1 aliphatic rings. The van der Waals surface area contributed by atoms with Crippen LogP contribution in [0.3, 0.4) is 0 Å². The summed E-state index contributed by atoms with van der Waals surface area (Å²) < 4.78 is 5.79. The summed E-state index contributed by atoms with van der Waals surface area (Å²) in [6.45, 7) is 0.691. The van der Waals surface area contributed by atoms with Crippen LogP contribution in [-0.2, 0) is 19.1 Å². The van der Waals surface area contributed by atoms with Crippen molar-refractivity contribution in [2.75, 3.05) is 29.2 Å². The first-order valence-electron chi connectivity index (χ1n) is 10.9. The van der Waals surface area contributed by atoms with E-state index in [1.807, 2.05) is 0 Å². The summed E-state index contributed by atoms with van der Waals surface area (Å²) in [7, 11) is 0. The van der Waals surface area contributed by atoms with Crippen molar-refractivity contribution in [3.8, 4) is 0 Å². The van der Waals surface area contributed by atoms with Crippen molar-refractivity contribution in [3.63, 3.8) is 0 Å². The zero-order valence-electron chi connectivity index (χ0n) is 18.4. The Labute approximate surface area is 196 Å². The van der Waals surface area contributed by atoms with Gasteiger partial charge in [0.1, 0.15) is 6.04 Å². The number of carbonyl (C=O) groups excluding carboxylic acids is 2. The van der Waals surface area contributed by atoms with E-state index < -0.39 is 30.3 Å². The molecule has 0 aliphatic heterocycles. The smallest absolute Gasteiger partial charge is 0.326 e. The van der Waals surface area contributed by atoms with Crippen molar-refractivity contribution >= 4 is 46.9 Å². The van der Waals surface area contributed by atoms with E-state index in [-0.39, 0.29) is 29.3 Å². The van der Waals surface area contributed by atoms with Gasteiger partial charge in [-0.1, -0.05) is 12.8 Å².